The fraction of sp³-hybridized carbons (Fsp3) is 0.391. The van der Waals surface area contributed by atoms with Gasteiger partial charge in [-0.15, -0.1) is 0 Å². The number of rotatable bonds is 4. The lowest BCUT2D eigenvalue weighted by Gasteiger charge is -2.33. The predicted molar refractivity (Wildman–Crippen MR) is 112 cm³/mol. The van der Waals surface area contributed by atoms with E-state index in [1.54, 1.807) is 4.90 Å². The van der Waals surface area contributed by atoms with Gasteiger partial charge in [0.25, 0.3) is 11.8 Å². The third kappa shape index (κ3) is 3.13. The summed E-state index contributed by atoms with van der Waals surface area (Å²) in [5.41, 5.74) is 1.40. The first-order valence-corrected chi connectivity index (χ1v) is 10.7. The molecule has 1 aromatic carbocycles. The van der Waals surface area contributed by atoms with Gasteiger partial charge in [0.2, 0.25) is 0 Å². The topological polar surface area (TPSA) is 103 Å². The van der Waals surface area contributed by atoms with E-state index in [0.29, 0.717) is 25.2 Å². The zero-order chi connectivity index (χ0) is 21.6. The standard InChI is InChI=1S/C23H24N4O4/c28-19(16-12-18(24-13-16)20(29)26-10-3-4-11-26)14-27-21(30)23(25-22(27)31)9-5-7-15-6-1-2-8-17(15)23/h1-2,6,8,12-13,24H,3-5,7,9-11,14H2,(H,25,31)/t23-/m1/s1. The number of Topliss-reactive ketones (excluding diaryl/α,β-unsaturated/α-hetero) is 1. The molecule has 8 heteroatoms. The van der Waals surface area contributed by atoms with Crippen molar-refractivity contribution in [1.29, 1.82) is 0 Å². The largest absolute Gasteiger partial charge is 0.356 e. The van der Waals surface area contributed by atoms with Crippen molar-refractivity contribution in [2.24, 2.45) is 0 Å². The van der Waals surface area contributed by atoms with Gasteiger partial charge in [0, 0.05) is 24.8 Å². The van der Waals surface area contributed by atoms with Gasteiger partial charge in [0.1, 0.15) is 11.2 Å². The summed E-state index contributed by atoms with van der Waals surface area (Å²) in [7, 11) is 0. The minimum atomic E-state index is -1.10. The van der Waals surface area contributed by atoms with Gasteiger partial charge in [0.05, 0.1) is 6.54 Å². The van der Waals surface area contributed by atoms with Crippen LogP contribution in [-0.4, -0.2) is 58.0 Å². The number of nitrogens with zero attached hydrogens (tertiary/aromatic N) is 2. The molecule has 3 aliphatic rings. The van der Waals surface area contributed by atoms with Gasteiger partial charge in [-0.3, -0.25) is 19.3 Å². The molecule has 4 amide bonds. The normalized spacial score (nSPS) is 22.7. The van der Waals surface area contributed by atoms with E-state index >= 15 is 0 Å². The maximum atomic E-state index is 13.3. The summed E-state index contributed by atoms with van der Waals surface area (Å²) in [6.45, 7) is 1.07. The number of hydrogen-bond donors (Lipinski definition) is 2. The van der Waals surface area contributed by atoms with Crippen LogP contribution in [0.4, 0.5) is 4.79 Å². The Morgan fingerprint density at radius 1 is 1.06 bits per heavy atom. The number of imide groups is 1. The summed E-state index contributed by atoms with van der Waals surface area (Å²) in [5, 5.41) is 2.86. The van der Waals surface area contributed by atoms with E-state index < -0.39 is 11.6 Å². The number of aromatic nitrogens is 1. The van der Waals surface area contributed by atoms with E-state index in [2.05, 4.69) is 10.3 Å². The number of benzene rings is 1. The van der Waals surface area contributed by atoms with E-state index in [4.69, 9.17) is 0 Å². The van der Waals surface area contributed by atoms with E-state index in [1.165, 1.54) is 12.3 Å². The van der Waals surface area contributed by atoms with Crippen LogP contribution < -0.4 is 5.32 Å². The number of urea groups is 1. The molecule has 1 aliphatic carbocycles. The highest BCUT2D eigenvalue weighted by Crippen LogP contribution is 2.39. The highest BCUT2D eigenvalue weighted by atomic mass is 16.2. The molecule has 0 bridgehead atoms. The van der Waals surface area contributed by atoms with Crippen LogP contribution in [-0.2, 0) is 16.8 Å². The van der Waals surface area contributed by atoms with Crippen molar-refractivity contribution < 1.29 is 19.2 Å². The van der Waals surface area contributed by atoms with Crippen LogP contribution in [0.1, 0.15) is 57.7 Å². The Kier molecular flexibility index (Phi) is 4.64. The minimum absolute atomic E-state index is 0.135. The number of ketones is 1. The molecule has 5 rings (SSSR count). The van der Waals surface area contributed by atoms with Crippen LogP contribution in [0, 0.1) is 0 Å². The maximum absolute atomic E-state index is 13.3. The third-order valence-corrected chi connectivity index (χ3v) is 6.58. The average Bonchev–Trinajstić information content (AvgIpc) is 3.52. The van der Waals surface area contributed by atoms with Crippen molar-refractivity contribution in [2.75, 3.05) is 19.6 Å². The van der Waals surface area contributed by atoms with Crippen molar-refractivity contribution in [3.8, 4) is 0 Å². The summed E-state index contributed by atoms with van der Waals surface area (Å²) in [4.78, 5) is 57.0. The molecule has 31 heavy (non-hydrogen) atoms. The number of fused-ring (bicyclic) bond motifs is 2. The Morgan fingerprint density at radius 3 is 2.65 bits per heavy atom. The van der Waals surface area contributed by atoms with Gasteiger partial charge in [0.15, 0.2) is 5.78 Å². The molecule has 8 nitrogen and oxygen atoms in total. The summed E-state index contributed by atoms with van der Waals surface area (Å²) < 4.78 is 0. The Balaban J connectivity index is 1.34. The van der Waals surface area contributed by atoms with E-state index in [-0.39, 0.29) is 29.7 Å². The van der Waals surface area contributed by atoms with Crippen LogP contribution in [0.15, 0.2) is 36.5 Å². The summed E-state index contributed by atoms with van der Waals surface area (Å²) >= 11 is 0. The number of aryl methyl sites for hydroxylation is 1. The molecular formula is C23H24N4O4. The first-order valence-electron chi connectivity index (χ1n) is 10.7. The van der Waals surface area contributed by atoms with Gasteiger partial charge < -0.3 is 15.2 Å². The second kappa shape index (κ2) is 7.37. The summed E-state index contributed by atoms with van der Waals surface area (Å²) in [6, 6.07) is 8.58. The molecule has 1 atom stereocenters. The molecule has 2 N–H and O–H groups in total. The number of H-pyrrole nitrogens is 1. The van der Waals surface area contributed by atoms with E-state index in [9.17, 15) is 19.2 Å². The summed E-state index contributed by atoms with van der Waals surface area (Å²) in [6.07, 6.45) is 5.58. The van der Waals surface area contributed by atoms with Gasteiger partial charge in [-0.1, -0.05) is 24.3 Å². The van der Waals surface area contributed by atoms with E-state index in [0.717, 1.165) is 41.7 Å². The van der Waals surface area contributed by atoms with Gasteiger partial charge in [-0.05, 0) is 49.3 Å². The molecule has 2 aromatic rings. The number of likely N-dealkylation sites (tertiary alicyclic amines) is 1. The number of hydrogen-bond acceptors (Lipinski definition) is 4. The summed E-state index contributed by atoms with van der Waals surface area (Å²) in [5.74, 6) is -0.910. The second-order valence-corrected chi connectivity index (χ2v) is 8.46. The van der Waals surface area contributed by atoms with Crippen LogP contribution >= 0.6 is 0 Å². The lowest BCUT2D eigenvalue weighted by atomic mass is 9.76. The quantitative estimate of drug-likeness (QED) is 0.585. The predicted octanol–water partition coefficient (Wildman–Crippen LogP) is 2.22. The fourth-order valence-electron chi connectivity index (χ4n) is 4.96. The molecule has 160 valence electrons. The zero-order valence-corrected chi connectivity index (χ0v) is 17.1. The van der Waals surface area contributed by atoms with Crippen LogP contribution in [0.3, 0.4) is 0 Å². The van der Waals surface area contributed by atoms with E-state index in [1.807, 2.05) is 24.3 Å². The first kappa shape index (κ1) is 19.5. The van der Waals surface area contributed by atoms with Crippen molar-refractivity contribution in [1.82, 2.24) is 20.1 Å². The molecule has 0 radical (unpaired) electrons. The minimum Gasteiger partial charge on any atom is -0.356 e. The van der Waals surface area contributed by atoms with Crippen molar-refractivity contribution in [3.05, 3.63) is 58.9 Å². The molecule has 1 spiro atoms. The highest BCUT2D eigenvalue weighted by Gasteiger charge is 2.54. The molecular weight excluding hydrogens is 396 g/mol. The Labute approximate surface area is 179 Å². The maximum Gasteiger partial charge on any atom is 0.325 e. The molecule has 0 unspecified atom stereocenters. The lowest BCUT2D eigenvalue weighted by Crippen LogP contribution is -2.46. The molecule has 1 aromatic heterocycles. The lowest BCUT2D eigenvalue weighted by molar-refractivity contribution is -0.131. The third-order valence-electron chi connectivity index (χ3n) is 6.58. The molecule has 2 saturated heterocycles. The Bertz CT molecular complexity index is 1080. The Hall–Kier alpha value is -3.42. The van der Waals surface area contributed by atoms with Gasteiger partial charge >= 0.3 is 6.03 Å². The number of aromatic amines is 1. The fourth-order valence-corrected chi connectivity index (χ4v) is 4.96. The average molecular weight is 420 g/mol. The molecule has 0 saturated carbocycles. The number of nitrogens with one attached hydrogen (secondary N) is 2. The molecule has 2 aliphatic heterocycles. The monoisotopic (exact) mass is 420 g/mol. The van der Waals surface area contributed by atoms with Gasteiger partial charge in [-0.2, -0.15) is 0 Å². The number of carbonyl (C=O) groups is 4. The molecule has 2 fully saturated rings. The van der Waals surface area contributed by atoms with Crippen LogP contribution in [0.25, 0.3) is 0 Å². The van der Waals surface area contributed by atoms with Crippen molar-refractivity contribution in [2.45, 2.75) is 37.6 Å². The van der Waals surface area contributed by atoms with Crippen molar-refractivity contribution in [3.63, 3.8) is 0 Å². The van der Waals surface area contributed by atoms with Gasteiger partial charge in [-0.25, -0.2) is 4.79 Å². The SMILES string of the molecule is O=C(CN1C(=O)N[C@@]2(CCCc3ccccc32)C1=O)c1c[nH]c(C(=O)N2CCCC2)c1. The molecule has 3 heterocycles. The van der Waals surface area contributed by atoms with Crippen LogP contribution in [0.5, 0.6) is 0 Å². The second-order valence-electron chi connectivity index (χ2n) is 8.46. The Morgan fingerprint density at radius 2 is 1.84 bits per heavy atom. The first-order chi connectivity index (χ1) is 15.0. The van der Waals surface area contributed by atoms with Crippen LogP contribution in [0.2, 0.25) is 0 Å². The number of carbonyl (C=O) groups excluding carboxylic acids is 4. The smallest absolute Gasteiger partial charge is 0.325 e. The number of amides is 4. The highest BCUT2D eigenvalue weighted by molar-refractivity contribution is 6.12. The van der Waals surface area contributed by atoms with Crippen molar-refractivity contribution >= 4 is 23.6 Å². The zero-order valence-electron chi connectivity index (χ0n) is 17.1.